The normalized spacial score (nSPS) is 23.3. The van der Waals surface area contributed by atoms with Crippen molar-refractivity contribution in [1.82, 2.24) is 10.3 Å². The molecule has 1 atom stereocenters. The quantitative estimate of drug-likeness (QED) is 0.868. The third kappa shape index (κ3) is 2.13. The SMILES string of the molecule is CNC(=O)c1cnc(N)c(OC2CCCC23CC3)c1. The van der Waals surface area contributed by atoms with Gasteiger partial charge in [-0.3, -0.25) is 4.79 Å². The van der Waals surface area contributed by atoms with Gasteiger partial charge in [-0.2, -0.15) is 0 Å². The predicted octanol–water partition coefficient (Wildman–Crippen LogP) is 1.73. The molecule has 1 amide bonds. The number of nitrogens with two attached hydrogens (primary N) is 1. The number of anilines is 1. The third-order valence-corrected chi connectivity index (χ3v) is 4.36. The van der Waals surface area contributed by atoms with Crippen molar-refractivity contribution in [3.63, 3.8) is 0 Å². The molecule has 5 nitrogen and oxygen atoms in total. The van der Waals surface area contributed by atoms with E-state index in [2.05, 4.69) is 10.3 Å². The van der Waals surface area contributed by atoms with E-state index < -0.39 is 0 Å². The lowest BCUT2D eigenvalue weighted by Gasteiger charge is -2.21. The first-order valence-corrected chi connectivity index (χ1v) is 6.79. The van der Waals surface area contributed by atoms with E-state index in [0.29, 0.717) is 22.5 Å². The van der Waals surface area contributed by atoms with Crippen molar-refractivity contribution in [2.75, 3.05) is 12.8 Å². The molecule has 0 radical (unpaired) electrons. The molecule has 2 aliphatic carbocycles. The topological polar surface area (TPSA) is 77.2 Å². The molecule has 1 unspecified atom stereocenters. The molecule has 5 heteroatoms. The van der Waals surface area contributed by atoms with Crippen LogP contribution in [0.25, 0.3) is 0 Å². The van der Waals surface area contributed by atoms with Crippen molar-refractivity contribution in [2.24, 2.45) is 5.41 Å². The Kier molecular flexibility index (Phi) is 2.84. The zero-order valence-corrected chi connectivity index (χ0v) is 11.1. The highest BCUT2D eigenvalue weighted by Gasteiger charge is 2.53. The summed E-state index contributed by atoms with van der Waals surface area (Å²) in [4.78, 5) is 15.7. The van der Waals surface area contributed by atoms with Crippen LogP contribution in [0.5, 0.6) is 5.75 Å². The van der Waals surface area contributed by atoms with Crippen molar-refractivity contribution < 1.29 is 9.53 Å². The number of amides is 1. The number of aromatic nitrogens is 1. The van der Waals surface area contributed by atoms with E-state index in [1.165, 1.54) is 31.9 Å². The largest absolute Gasteiger partial charge is 0.486 e. The second-order valence-corrected chi connectivity index (χ2v) is 5.55. The lowest BCUT2D eigenvalue weighted by Crippen LogP contribution is -2.24. The number of nitrogens with one attached hydrogen (secondary N) is 1. The van der Waals surface area contributed by atoms with Gasteiger partial charge in [-0.25, -0.2) is 4.98 Å². The Bertz CT molecular complexity index is 511. The molecule has 2 saturated carbocycles. The highest BCUT2D eigenvalue weighted by molar-refractivity contribution is 5.94. The Morgan fingerprint density at radius 3 is 3.00 bits per heavy atom. The molecule has 1 aromatic rings. The lowest BCUT2D eigenvalue weighted by atomic mass is 10.0. The van der Waals surface area contributed by atoms with Gasteiger partial charge >= 0.3 is 0 Å². The number of carbonyl (C=O) groups excluding carboxylic acids is 1. The van der Waals surface area contributed by atoms with Gasteiger partial charge in [0.05, 0.1) is 5.56 Å². The van der Waals surface area contributed by atoms with Gasteiger partial charge in [0.2, 0.25) is 0 Å². The van der Waals surface area contributed by atoms with Gasteiger partial charge in [-0.1, -0.05) is 0 Å². The average Bonchev–Trinajstić information content (AvgIpc) is 3.09. The smallest absolute Gasteiger partial charge is 0.252 e. The fraction of sp³-hybridized carbons (Fsp3) is 0.571. The first kappa shape index (κ1) is 12.3. The van der Waals surface area contributed by atoms with E-state index in [1.807, 2.05) is 0 Å². The molecule has 0 aliphatic heterocycles. The van der Waals surface area contributed by atoms with E-state index in [4.69, 9.17) is 10.5 Å². The Morgan fingerprint density at radius 2 is 2.32 bits per heavy atom. The van der Waals surface area contributed by atoms with Gasteiger partial charge in [0.25, 0.3) is 5.91 Å². The summed E-state index contributed by atoms with van der Waals surface area (Å²) in [6.07, 6.45) is 7.75. The first-order valence-electron chi connectivity index (χ1n) is 6.79. The van der Waals surface area contributed by atoms with Crippen LogP contribution in [-0.4, -0.2) is 24.0 Å². The molecule has 3 N–H and O–H groups in total. The van der Waals surface area contributed by atoms with E-state index in [0.717, 1.165) is 6.42 Å². The van der Waals surface area contributed by atoms with Crippen molar-refractivity contribution in [2.45, 2.75) is 38.2 Å². The summed E-state index contributed by atoms with van der Waals surface area (Å²) in [7, 11) is 1.59. The van der Waals surface area contributed by atoms with Gasteiger partial charge in [0.1, 0.15) is 6.10 Å². The van der Waals surface area contributed by atoms with Crippen LogP contribution < -0.4 is 15.8 Å². The van der Waals surface area contributed by atoms with Crippen molar-refractivity contribution in [3.8, 4) is 5.75 Å². The highest BCUT2D eigenvalue weighted by atomic mass is 16.5. The maximum absolute atomic E-state index is 11.6. The predicted molar refractivity (Wildman–Crippen MR) is 72.0 cm³/mol. The summed E-state index contributed by atoms with van der Waals surface area (Å²) in [5, 5.41) is 2.57. The Hall–Kier alpha value is -1.78. The zero-order valence-electron chi connectivity index (χ0n) is 11.1. The van der Waals surface area contributed by atoms with Crippen LogP contribution in [0, 0.1) is 5.41 Å². The van der Waals surface area contributed by atoms with Crippen molar-refractivity contribution in [3.05, 3.63) is 17.8 Å². The maximum Gasteiger partial charge on any atom is 0.252 e. The van der Waals surface area contributed by atoms with E-state index in [-0.39, 0.29) is 12.0 Å². The fourth-order valence-electron chi connectivity index (χ4n) is 2.99. The minimum atomic E-state index is -0.176. The Labute approximate surface area is 112 Å². The van der Waals surface area contributed by atoms with E-state index >= 15 is 0 Å². The number of ether oxygens (including phenoxy) is 1. The molecule has 102 valence electrons. The van der Waals surface area contributed by atoms with Crippen LogP contribution in [0.15, 0.2) is 12.3 Å². The molecule has 2 fully saturated rings. The highest BCUT2D eigenvalue weighted by Crippen LogP contribution is 2.58. The molecule has 0 saturated heterocycles. The van der Waals surface area contributed by atoms with Crippen LogP contribution >= 0.6 is 0 Å². The van der Waals surface area contributed by atoms with Gasteiger partial charge < -0.3 is 15.8 Å². The maximum atomic E-state index is 11.6. The zero-order chi connectivity index (χ0) is 13.5. The first-order chi connectivity index (χ1) is 9.14. The molecule has 3 rings (SSSR count). The summed E-state index contributed by atoms with van der Waals surface area (Å²) >= 11 is 0. The fourth-order valence-corrected chi connectivity index (χ4v) is 2.99. The summed E-state index contributed by atoms with van der Waals surface area (Å²) in [6.45, 7) is 0. The molecule has 1 heterocycles. The monoisotopic (exact) mass is 261 g/mol. The second-order valence-electron chi connectivity index (χ2n) is 5.55. The van der Waals surface area contributed by atoms with Crippen LogP contribution in [-0.2, 0) is 0 Å². The third-order valence-electron chi connectivity index (χ3n) is 4.36. The summed E-state index contributed by atoms with van der Waals surface area (Å²) < 4.78 is 6.05. The van der Waals surface area contributed by atoms with Gasteiger partial charge in [0, 0.05) is 18.7 Å². The molecule has 1 spiro atoms. The van der Waals surface area contributed by atoms with Crippen LogP contribution in [0.4, 0.5) is 5.82 Å². The average molecular weight is 261 g/mol. The Balaban J connectivity index is 1.81. The van der Waals surface area contributed by atoms with Crippen LogP contribution in [0.1, 0.15) is 42.5 Å². The van der Waals surface area contributed by atoms with Crippen molar-refractivity contribution in [1.29, 1.82) is 0 Å². The molecular formula is C14H19N3O2. The molecule has 0 aromatic carbocycles. The number of hydrogen-bond acceptors (Lipinski definition) is 4. The van der Waals surface area contributed by atoms with Crippen LogP contribution in [0.2, 0.25) is 0 Å². The molecule has 0 bridgehead atoms. The molecule has 2 aliphatic rings. The van der Waals surface area contributed by atoms with Gasteiger partial charge in [-0.05, 0) is 38.2 Å². The summed E-state index contributed by atoms with van der Waals surface area (Å²) in [6, 6.07) is 1.69. The molecular weight excluding hydrogens is 242 g/mol. The van der Waals surface area contributed by atoms with Gasteiger partial charge in [0.15, 0.2) is 11.6 Å². The number of pyridine rings is 1. The number of hydrogen-bond donors (Lipinski definition) is 2. The van der Waals surface area contributed by atoms with Gasteiger partial charge in [-0.15, -0.1) is 0 Å². The molecule has 19 heavy (non-hydrogen) atoms. The van der Waals surface area contributed by atoms with Crippen LogP contribution in [0.3, 0.4) is 0 Å². The van der Waals surface area contributed by atoms with E-state index in [9.17, 15) is 4.79 Å². The van der Waals surface area contributed by atoms with Crippen molar-refractivity contribution >= 4 is 11.7 Å². The number of rotatable bonds is 3. The van der Waals surface area contributed by atoms with E-state index in [1.54, 1.807) is 13.1 Å². The molecule has 1 aromatic heterocycles. The second kappa shape index (κ2) is 4.40. The standard InChI is InChI=1S/C14H19N3O2/c1-16-13(18)9-7-10(12(15)17-8-9)19-11-3-2-4-14(11)5-6-14/h7-8,11H,2-6H2,1H3,(H2,15,17)(H,16,18). The Morgan fingerprint density at radius 1 is 1.53 bits per heavy atom. The lowest BCUT2D eigenvalue weighted by molar-refractivity contribution is 0.0961. The minimum Gasteiger partial charge on any atom is -0.486 e. The number of carbonyl (C=O) groups is 1. The number of nitrogens with zero attached hydrogens (tertiary/aromatic N) is 1. The summed E-state index contributed by atoms with van der Waals surface area (Å²) in [5.74, 6) is 0.722. The summed E-state index contributed by atoms with van der Waals surface area (Å²) in [5.41, 5.74) is 6.72. The number of nitrogen functional groups attached to an aromatic ring is 1. The minimum absolute atomic E-state index is 0.176.